The summed E-state index contributed by atoms with van der Waals surface area (Å²) >= 11 is 0. The van der Waals surface area contributed by atoms with E-state index in [9.17, 15) is 4.79 Å². The van der Waals surface area contributed by atoms with Gasteiger partial charge in [-0.2, -0.15) is 0 Å². The van der Waals surface area contributed by atoms with Gasteiger partial charge in [0.05, 0.1) is 0 Å². The first-order chi connectivity index (χ1) is 8.40. The van der Waals surface area contributed by atoms with Gasteiger partial charge in [0.15, 0.2) is 0 Å². The molecule has 0 aliphatic heterocycles. The van der Waals surface area contributed by atoms with Gasteiger partial charge in [0.2, 0.25) is 0 Å². The van der Waals surface area contributed by atoms with Gasteiger partial charge in [-0.1, -0.05) is 41.0 Å². The molecule has 1 saturated carbocycles. The van der Waals surface area contributed by atoms with E-state index in [2.05, 4.69) is 27.7 Å². The van der Waals surface area contributed by atoms with Crippen molar-refractivity contribution in [3.8, 4) is 0 Å². The summed E-state index contributed by atoms with van der Waals surface area (Å²) in [6.07, 6.45) is 6.28. The molecule has 1 fully saturated rings. The third-order valence-corrected chi connectivity index (χ3v) is 4.84. The molecule has 2 nitrogen and oxygen atoms in total. The van der Waals surface area contributed by atoms with Crippen molar-refractivity contribution in [3.63, 3.8) is 0 Å². The van der Waals surface area contributed by atoms with Gasteiger partial charge in [0.1, 0.15) is 6.10 Å². The molecule has 0 aromatic heterocycles. The zero-order valence-electron chi connectivity index (χ0n) is 12.8. The Balaban J connectivity index is 2.49. The highest BCUT2D eigenvalue weighted by atomic mass is 16.5. The van der Waals surface area contributed by atoms with Crippen LogP contribution in [0.5, 0.6) is 0 Å². The molecule has 106 valence electrons. The van der Waals surface area contributed by atoms with Crippen LogP contribution in [-0.4, -0.2) is 12.1 Å². The molecular formula is C16H30O2. The monoisotopic (exact) mass is 254 g/mol. The average molecular weight is 254 g/mol. The highest BCUT2D eigenvalue weighted by Crippen LogP contribution is 2.43. The number of carbonyl (C=O) groups is 1. The summed E-state index contributed by atoms with van der Waals surface area (Å²) in [4.78, 5) is 11.6. The molecule has 3 atom stereocenters. The van der Waals surface area contributed by atoms with Crippen molar-refractivity contribution in [2.45, 2.75) is 79.2 Å². The summed E-state index contributed by atoms with van der Waals surface area (Å²) in [6.45, 7) is 11.3. The van der Waals surface area contributed by atoms with E-state index in [1.54, 1.807) is 0 Å². The lowest BCUT2D eigenvalue weighted by molar-refractivity contribution is -0.154. The molecule has 0 heterocycles. The van der Waals surface area contributed by atoms with Gasteiger partial charge < -0.3 is 4.74 Å². The van der Waals surface area contributed by atoms with E-state index >= 15 is 0 Å². The summed E-state index contributed by atoms with van der Waals surface area (Å²) in [6, 6.07) is 0. The molecule has 0 aromatic carbocycles. The summed E-state index contributed by atoms with van der Waals surface area (Å²) < 4.78 is 5.60. The first-order valence-corrected chi connectivity index (χ1v) is 7.60. The molecule has 0 radical (unpaired) electrons. The number of esters is 1. The quantitative estimate of drug-likeness (QED) is 0.672. The fraction of sp³-hybridized carbons (Fsp3) is 0.938. The summed E-state index contributed by atoms with van der Waals surface area (Å²) in [7, 11) is 0. The van der Waals surface area contributed by atoms with Crippen molar-refractivity contribution in [2.24, 2.45) is 17.3 Å². The Morgan fingerprint density at radius 1 is 1.28 bits per heavy atom. The smallest absolute Gasteiger partial charge is 0.306 e. The Bertz CT molecular complexity index is 270. The van der Waals surface area contributed by atoms with Crippen LogP contribution in [0.25, 0.3) is 0 Å². The Morgan fingerprint density at radius 2 is 1.94 bits per heavy atom. The Morgan fingerprint density at radius 3 is 2.44 bits per heavy atom. The lowest BCUT2D eigenvalue weighted by atomic mass is 9.66. The van der Waals surface area contributed by atoms with Crippen LogP contribution in [0.1, 0.15) is 73.1 Å². The minimum Gasteiger partial charge on any atom is -0.462 e. The summed E-state index contributed by atoms with van der Waals surface area (Å²) in [5.74, 6) is 1.27. The molecule has 1 aliphatic carbocycles. The van der Waals surface area contributed by atoms with Gasteiger partial charge in [-0.15, -0.1) is 0 Å². The summed E-state index contributed by atoms with van der Waals surface area (Å²) in [5, 5.41) is 0. The van der Waals surface area contributed by atoms with Crippen LogP contribution in [0, 0.1) is 17.3 Å². The van der Waals surface area contributed by atoms with Gasteiger partial charge >= 0.3 is 5.97 Å². The minimum absolute atomic E-state index is 0.0115. The molecule has 0 amide bonds. The number of rotatable bonds is 5. The molecule has 1 rings (SSSR count). The molecule has 0 saturated heterocycles. The molecule has 0 spiro atoms. The lowest BCUT2D eigenvalue weighted by Crippen LogP contribution is -2.36. The van der Waals surface area contributed by atoms with Gasteiger partial charge in [-0.05, 0) is 42.9 Å². The van der Waals surface area contributed by atoms with Crippen LogP contribution in [0.2, 0.25) is 0 Å². The second kappa shape index (κ2) is 6.58. The first-order valence-electron chi connectivity index (χ1n) is 7.60. The Labute approximate surface area is 112 Å². The zero-order valence-corrected chi connectivity index (χ0v) is 12.8. The normalized spacial score (nSPS) is 29.1. The molecule has 3 unspecified atom stereocenters. The standard InChI is InChI=1S/C16H30O2/c1-6-8-15(17)18-14-10-9-13(11-12(14)3)16(4,5)7-2/h12-14H,6-11H2,1-5H3. The molecular weight excluding hydrogens is 224 g/mol. The van der Waals surface area contributed by atoms with E-state index in [1.165, 1.54) is 19.3 Å². The highest BCUT2D eigenvalue weighted by Gasteiger charge is 2.36. The molecule has 0 aromatic rings. The van der Waals surface area contributed by atoms with Crippen molar-refractivity contribution >= 4 is 5.97 Å². The van der Waals surface area contributed by atoms with Crippen molar-refractivity contribution in [2.75, 3.05) is 0 Å². The number of hydrogen-bond donors (Lipinski definition) is 0. The van der Waals surface area contributed by atoms with E-state index in [1.807, 2.05) is 6.92 Å². The molecule has 18 heavy (non-hydrogen) atoms. The van der Waals surface area contributed by atoms with Crippen molar-refractivity contribution < 1.29 is 9.53 Å². The largest absolute Gasteiger partial charge is 0.462 e. The topological polar surface area (TPSA) is 26.3 Å². The fourth-order valence-corrected chi connectivity index (χ4v) is 2.97. The lowest BCUT2D eigenvalue weighted by Gasteiger charge is -2.41. The van der Waals surface area contributed by atoms with Crippen molar-refractivity contribution in [3.05, 3.63) is 0 Å². The van der Waals surface area contributed by atoms with Crippen LogP contribution >= 0.6 is 0 Å². The van der Waals surface area contributed by atoms with Gasteiger partial charge in [-0.25, -0.2) is 0 Å². The maximum atomic E-state index is 11.6. The molecule has 2 heteroatoms. The van der Waals surface area contributed by atoms with Crippen LogP contribution in [0.15, 0.2) is 0 Å². The van der Waals surface area contributed by atoms with Crippen LogP contribution in [0.4, 0.5) is 0 Å². The van der Waals surface area contributed by atoms with Crippen LogP contribution in [-0.2, 0) is 9.53 Å². The third kappa shape index (κ3) is 4.00. The van der Waals surface area contributed by atoms with Crippen molar-refractivity contribution in [1.82, 2.24) is 0 Å². The molecule has 0 N–H and O–H groups in total. The minimum atomic E-state index is -0.0115. The van der Waals surface area contributed by atoms with Gasteiger partial charge in [-0.3, -0.25) is 4.79 Å². The predicted octanol–water partition coefficient (Wildman–Crippen LogP) is 4.57. The Hall–Kier alpha value is -0.530. The van der Waals surface area contributed by atoms with E-state index in [4.69, 9.17) is 4.74 Å². The van der Waals surface area contributed by atoms with Crippen LogP contribution < -0.4 is 0 Å². The molecule has 0 bridgehead atoms. The van der Waals surface area contributed by atoms with Gasteiger partial charge in [0.25, 0.3) is 0 Å². The van der Waals surface area contributed by atoms with E-state index in [0.717, 1.165) is 18.8 Å². The number of carbonyl (C=O) groups excluding carboxylic acids is 1. The SMILES string of the molecule is CCCC(=O)OC1CCC(C(C)(C)CC)CC1C. The maximum absolute atomic E-state index is 11.6. The second-order valence-corrected chi connectivity index (χ2v) is 6.61. The maximum Gasteiger partial charge on any atom is 0.306 e. The van der Waals surface area contributed by atoms with Gasteiger partial charge in [0, 0.05) is 6.42 Å². The number of hydrogen-bond acceptors (Lipinski definition) is 2. The third-order valence-electron chi connectivity index (χ3n) is 4.84. The van der Waals surface area contributed by atoms with E-state index in [0.29, 0.717) is 17.8 Å². The predicted molar refractivity (Wildman–Crippen MR) is 75.4 cm³/mol. The van der Waals surface area contributed by atoms with Crippen molar-refractivity contribution in [1.29, 1.82) is 0 Å². The fourth-order valence-electron chi connectivity index (χ4n) is 2.97. The molecule has 1 aliphatic rings. The second-order valence-electron chi connectivity index (χ2n) is 6.61. The zero-order chi connectivity index (χ0) is 13.8. The van der Waals surface area contributed by atoms with E-state index < -0.39 is 0 Å². The van der Waals surface area contributed by atoms with E-state index in [-0.39, 0.29) is 12.1 Å². The highest BCUT2D eigenvalue weighted by molar-refractivity contribution is 5.69. The summed E-state index contributed by atoms with van der Waals surface area (Å²) in [5.41, 5.74) is 0.423. The Kier molecular flexibility index (Phi) is 5.68. The van der Waals surface area contributed by atoms with Crippen LogP contribution in [0.3, 0.4) is 0 Å². The number of ether oxygens (including phenoxy) is 1. The average Bonchev–Trinajstić information content (AvgIpc) is 2.32. The first kappa shape index (κ1) is 15.5.